The summed E-state index contributed by atoms with van der Waals surface area (Å²) in [5, 5.41) is 0. The quantitative estimate of drug-likeness (QED) is 0.870. The van der Waals surface area contributed by atoms with Crippen LogP contribution < -0.4 is 15.4 Å². The Morgan fingerprint density at radius 3 is 2.90 bits per heavy atom. The van der Waals surface area contributed by atoms with Gasteiger partial charge in [0, 0.05) is 12.4 Å². The van der Waals surface area contributed by atoms with Gasteiger partial charge in [0.25, 0.3) is 5.91 Å². The normalized spacial score (nSPS) is 17.0. The molecule has 1 aromatic heterocycles. The van der Waals surface area contributed by atoms with Crippen molar-refractivity contribution in [1.82, 2.24) is 9.55 Å². The molecule has 0 aliphatic carbocycles. The van der Waals surface area contributed by atoms with E-state index in [-0.39, 0.29) is 19.0 Å². The first kappa shape index (κ1) is 13.2. The van der Waals surface area contributed by atoms with Crippen LogP contribution in [0.25, 0.3) is 0 Å². The van der Waals surface area contributed by atoms with Gasteiger partial charge in [-0.2, -0.15) is 0 Å². The second-order valence-corrected chi connectivity index (χ2v) is 4.72. The number of carbonyl (C=O) groups excluding carboxylic acids is 2. The smallest absolute Gasteiger partial charge is 0.260 e. The van der Waals surface area contributed by atoms with E-state index in [1.807, 2.05) is 6.07 Å². The number of carbonyl (C=O) groups is 2. The van der Waals surface area contributed by atoms with Crippen molar-refractivity contribution in [2.24, 2.45) is 5.73 Å². The average molecular weight is 286 g/mol. The maximum Gasteiger partial charge on any atom is 0.260 e. The van der Waals surface area contributed by atoms with Crippen molar-refractivity contribution < 1.29 is 14.3 Å². The molecule has 1 aliphatic heterocycles. The van der Waals surface area contributed by atoms with Crippen molar-refractivity contribution in [1.29, 1.82) is 0 Å². The van der Waals surface area contributed by atoms with Crippen LogP contribution in [-0.4, -0.2) is 34.0 Å². The molecule has 3 rings (SSSR count). The zero-order chi connectivity index (χ0) is 14.8. The molecule has 0 fully saturated rings. The minimum Gasteiger partial charge on any atom is -0.477 e. The van der Waals surface area contributed by atoms with E-state index in [9.17, 15) is 9.59 Å². The lowest BCUT2D eigenvalue weighted by molar-refractivity contribution is -0.125. The van der Waals surface area contributed by atoms with Crippen molar-refractivity contribution in [3.05, 3.63) is 43.0 Å². The van der Waals surface area contributed by atoms with Crippen LogP contribution in [0.4, 0.5) is 5.69 Å². The monoisotopic (exact) mass is 286 g/mol. The third kappa shape index (κ3) is 2.58. The third-order valence-corrected chi connectivity index (χ3v) is 3.27. The van der Waals surface area contributed by atoms with Gasteiger partial charge < -0.3 is 19.9 Å². The second-order valence-electron chi connectivity index (χ2n) is 4.72. The summed E-state index contributed by atoms with van der Waals surface area (Å²) in [6, 6.07) is 7.07. The molecule has 1 unspecified atom stereocenters. The van der Waals surface area contributed by atoms with Gasteiger partial charge in [0.15, 0.2) is 6.10 Å². The fourth-order valence-corrected chi connectivity index (χ4v) is 2.24. The largest absolute Gasteiger partial charge is 0.477 e. The van der Waals surface area contributed by atoms with Gasteiger partial charge in [0.05, 0.1) is 18.6 Å². The molecule has 0 radical (unpaired) electrons. The van der Waals surface area contributed by atoms with Crippen LogP contribution in [0.1, 0.15) is 0 Å². The van der Waals surface area contributed by atoms with E-state index in [0.717, 1.165) is 0 Å². The fourth-order valence-electron chi connectivity index (χ4n) is 2.24. The van der Waals surface area contributed by atoms with Crippen LogP contribution in [0, 0.1) is 0 Å². The summed E-state index contributed by atoms with van der Waals surface area (Å²) >= 11 is 0. The second kappa shape index (κ2) is 5.28. The molecule has 0 saturated carbocycles. The van der Waals surface area contributed by atoms with E-state index in [0.29, 0.717) is 11.4 Å². The summed E-state index contributed by atoms with van der Waals surface area (Å²) in [7, 11) is 0. The summed E-state index contributed by atoms with van der Waals surface area (Å²) in [4.78, 5) is 29.3. The van der Waals surface area contributed by atoms with Crippen LogP contribution in [0.2, 0.25) is 0 Å². The molecule has 2 amide bonds. The number of primary amides is 1. The van der Waals surface area contributed by atoms with Gasteiger partial charge in [-0.15, -0.1) is 0 Å². The Balaban J connectivity index is 1.89. The highest BCUT2D eigenvalue weighted by Gasteiger charge is 2.32. The predicted molar refractivity (Wildman–Crippen MR) is 74.6 cm³/mol. The molecule has 2 aromatic rings. The molecule has 0 bridgehead atoms. The van der Waals surface area contributed by atoms with E-state index in [4.69, 9.17) is 10.5 Å². The predicted octanol–water partition coefficient (Wildman–Crippen LogP) is 0.163. The topological polar surface area (TPSA) is 90.5 Å². The first-order valence-corrected chi connectivity index (χ1v) is 6.46. The van der Waals surface area contributed by atoms with Crippen molar-refractivity contribution in [2.45, 2.75) is 12.6 Å². The lowest BCUT2D eigenvalue weighted by Gasteiger charge is -2.33. The molecular weight excluding hydrogens is 272 g/mol. The fraction of sp³-hybridized carbons (Fsp3) is 0.214. The molecule has 1 aliphatic rings. The van der Waals surface area contributed by atoms with Gasteiger partial charge in [-0.05, 0) is 12.1 Å². The summed E-state index contributed by atoms with van der Waals surface area (Å²) in [5.41, 5.74) is 5.94. The number of para-hydroxylation sites is 2. The van der Waals surface area contributed by atoms with Crippen LogP contribution in [0.5, 0.6) is 5.75 Å². The Bertz CT molecular complexity index is 669. The average Bonchev–Trinajstić information content (AvgIpc) is 2.98. The Morgan fingerprint density at radius 1 is 1.38 bits per heavy atom. The van der Waals surface area contributed by atoms with Crippen LogP contribution in [-0.2, 0) is 16.1 Å². The zero-order valence-electron chi connectivity index (χ0n) is 11.2. The number of amides is 2. The zero-order valence-corrected chi connectivity index (χ0v) is 11.2. The molecule has 1 aromatic carbocycles. The lowest BCUT2D eigenvalue weighted by atomic mass is 10.1. The number of anilines is 1. The maximum atomic E-state index is 12.5. The van der Waals surface area contributed by atoms with Crippen LogP contribution in [0.3, 0.4) is 0 Å². The van der Waals surface area contributed by atoms with Gasteiger partial charge >= 0.3 is 0 Å². The maximum absolute atomic E-state index is 12.5. The summed E-state index contributed by atoms with van der Waals surface area (Å²) in [5.74, 6) is -0.272. The molecule has 108 valence electrons. The molecule has 21 heavy (non-hydrogen) atoms. The molecular formula is C14H14N4O3. The highest BCUT2D eigenvalue weighted by atomic mass is 16.5. The number of nitrogens with zero attached hydrogens (tertiary/aromatic N) is 3. The van der Waals surface area contributed by atoms with Gasteiger partial charge in [-0.1, -0.05) is 12.1 Å². The van der Waals surface area contributed by atoms with Gasteiger partial charge in [-0.3, -0.25) is 9.59 Å². The minimum atomic E-state index is -0.841. The standard InChI is InChI=1S/C14H14N4O3/c15-14(20)12-7-18(10-3-1-2-4-11(10)21-12)13(19)8-17-6-5-16-9-17/h1-6,9,12H,7-8H2,(H2,15,20). The number of benzene rings is 1. The highest BCUT2D eigenvalue weighted by molar-refractivity contribution is 5.97. The Morgan fingerprint density at radius 2 is 2.19 bits per heavy atom. The Hall–Kier alpha value is -2.83. The lowest BCUT2D eigenvalue weighted by Crippen LogP contribution is -2.50. The molecule has 7 nitrogen and oxygen atoms in total. The molecule has 7 heteroatoms. The van der Waals surface area contributed by atoms with E-state index in [2.05, 4.69) is 4.98 Å². The van der Waals surface area contributed by atoms with Crippen molar-refractivity contribution in [3.63, 3.8) is 0 Å². The molecule has 2 N–H and O–H groups in total. The molecule has 0 spiro atoms. The number of ether oxygens (including phenoxy) is 1. The summed E-state index contributed by atoms with van der Waals surface area (Å²) in [6.45, 7) is 0.250. The van der Waals surface area contributed by atoms with Crippen LogP contribution >= 0.6 is 0 Å². The molecule has 2 heterocycles. The first-order chi connectivity index (χ1) is 10.1. The number of aromatic nitrogens is 2. The molecule has 0 saturated heterocycles. The summed E-state index contributed by atoms with van der Waals surface area (Å²) in [6.07, 6.45) is 4.03. The van der Waals surface area contributed by atoms with Gasteiger partial charge in [0.2, 0.25) is 5.91 Å². The summed E-state index contributed by atoms with van der Waals surface area (Å²) < 4.78 is 7.19. The Kier molecular flexibility index (Phi) is 3.31. The number of fused-ring (bicyclic) bond motifs is 1. The highest BCUT2D eigenvalue weighted by Crippen LogP contribution is 2.33. The minimum absolute atomic E-state index is 0.111. The van der Waals surface area contributed by atoms with Crippen molar-refractivity contribution in [2.75, 3.05) is 11.4 Å². The van der Waals surface area contributed by atoms with E-state index >= 15 is 0 Å². The van der Waals surface area contributed by atoms with E-state index < -0.39 is 12.0 Å². The van der Waals surface area contributed by atoms with Gasteiger partial charge in [-0.25, -0.2) is 4.98 Å². The first-order valence-electron chi connectivity index (χ1n) is 6.46. The van der Waals surface area contributed by atoms with Crippen LogP contribution in [0.15, 0.2) is 43.0 Å². The van der Waals surface area contributed by atoms with Crippen molar-refractivity contribution in [3.8, 4) is 5.75 Å². The number of hydrogen-bond donors (Lipinski definition) is 1. The number of hydrogen-bond acceptors (Lipinski definition) is 4. The Labute approximate surface area is 120 Å². The van der Waals surface area contributed by atoms with E-state index in [1.54, 1.807) is 41.5 Å². The van der Waals surface area contributed by atoms with Crippen molar-refractivity contribution >= 4 is 17.5 Å². The van der Waals surface area contributed by atoms with Gasteiger partial charge in [0.1, 0.15) is 12.3 Å². The SMILES string of the molecule is NC(=O)C1CN(C(=O)Cn2ccnc2)c2ccccc2O1. The third-order valence-electron chi connectivity index (χ3n) is 3.27. The number of nitrogens with two attached hydrogens (primary N) is 1. The number of imidazole rings is 1. The number of rotatable bonds is 3. The molecule has 1 atom stereocenters. The van der Waals surface area contributed by atoms with E-state index in [1.165, 1.54) is 4.90 Å².